The summed E-state index contributed by atoms with van der Waals surface area (Å²) in [7, 11) is 0. The molecule has 2 aromatic carbocycles. The third-order valence-electron chi connectivity index (χ3n) is 9.30. The number of ether oxygens (including phenoxy) is 2. The summed E-state index contributed by atoms with van der Waals surface area (Å²) in [5.41, 5.74) is 2.39. The van der Waals surface area contributed by atoms with Gasteiger partial charge in [-0.3, -0.25) is 4.90 Å². The average Bonchev–Trinajstić information content (AvgIpc) is 3.62. The molecule has 16 heteroatoms. The topological polar surface area (TPSA) is 121 Å². The van der Waals surface area contributed by atoms with E-state index in [0.29, 0.717) is 13.0 Å². The Morgan fingerprint density at radius 1 is 1.28 bits per heavy atom. The van der Waals surface area contributed by atoms with Crippen LogP contribution in [0.4, 0.5) is 32.8 Å². The number of benzene rings is 2. The van der Waals surface area contributed by atoms with Gasteiger partial charge < -0.3 is 25.2 Å². The lowest BCUT2D eigenvalue weighted by molar-refractivity contribution is -0.123. The number of hydrogen-bond donors (Lipinski definition) is 2. The molecule has 3 atom stereocenters. The zero-order valence-electron chi connectivity index (χ0n) is 24.7. The Morgan fingerprint density at radius 2 is 2.09 bits per heavy atom. The lowest BCUT2D eigenvalue weighted by atomic mass is 9.95. The molecule has 3 N–H and O–H groups in total. The molecule has 1 unspecified atom stereocenters. The summed E-state index contributed by atoms with van der Waals surface area (Å²) in [5, 5.41) is 20.5. The lowest BCUT2D eigenvalue weighted by Crippen LogP contribution is -2.50. The Morgan fingerprint density at radius 3 is 2.85 bits per heavy atom. The number of anilines is 2. The van der Waals surface area contributed by atoms with Gasteiger partial charge in [0.1, 0.15) is 41.0 Å². The molecule has 0 saturated carbocycles. The molecule has 3 aliphatic rings. The summed E-state index contributed by atoms with van der Waals surface area (Å²) in [6, 6.07) is 5.41. The van der Waals surface area contributed by atoms with E-state index >= 15 is 4.39 Å². The molecule has 3 aliphatic heterocycles. The van der Waals surface area contributed by atoms with Crippen molar-refractivity contribution in [2.45, 2.75) is 43.0 Å². The van der Waals surface area contributed by atoms with Gasteiger partial charge in [-0.1, -0.05) is 17.7 Å². The molecule has 9 nitrogen and oxygen atoms in total. The van der Waals surface area contributed by atoms with Gasteiger partial charge in [-0.15, -0.1) is 11.3 Å². The number of aliphatic hydroxyl groups is 1. The number of nitrogens with zero attached hydrogens (tertiary/aromatic N) is 5. The summed E-state index contributed by atoms with van der Waals surface area (Å²) in [6.45, 7) is -0.325. The first-order valence-electron chi connectivity index (χ1n) is 14.9. The Labute approximate surface area is 274 Å². The molecule has 2 aromatic heterocycles. The zero-order valence-corrected chi connectivity index (χ0v) is 26.3. The van der Waals surface area contributed by atoms with Crippen LogP contribution in [-0.4, -0.2) is 89.7 Å². The largest absolute Gasteiger partial charge is 0.461 e. The molecular formula is C31H28ClF5N6O3S. The number of thiophene rings is 1. The van der Waals surface area contributed by atoms with Crippen molar-refractivity contribution in [1.29, 1.82) is 5.26 Å². The predicted octanol–water partition coefficient (Wildman–Crippen LogP) is 5.68. The Hall–Kier alpha value is -3.55. The van der Waals surface area contributed by atoms with Gasteiger partial charge in [0, 0.05) is 35.8 Å². The van der Waals surface area contributed by atoms with E-state index in [9.17, 15) is 27.9 Å². The van der Waals surface area contributed by atoms with E-state index in [0.717, 1.165) is 23.8 Å². The molecule has 3 saturated heterocycles. The van der Waals surface area contributed by atoms with Gasteiger partial charge in [0.15, 0.2) is 11.4 Å². The number of alkyl halides is 3. The van der Waals surface area contributed by atoms with Crippen LogP contribution in [0.15, 0.2) is 18.2 Å². The second-order valence-corrected chi connectivity index (χ2v) is 13.7. The minimum Gasteiger partial charge on any atom is -0.461 e. The highest BCUT2D eigenvalue weighted by atomic mass is 35.5. The second kappa shape index (κ2) is 11.9. The van der Waals surface area contributed by atoms with Gasteiger partial charge >= 0.3 is 6.01 Å². The van der Waals surface area contributed by atoms with Crippen LogP contribution in [0.2, 0.25) is 5.02 Å². The number of nitrogen functional groups attached to an aromatic ring is 1. The minimum atomic E-state index is -3.17. The van der Waals surface area contributed by atoms with E-state index in [1.807, 2.05) is 11.0 Å². The van der Waals surface area contributed by atoms with Crippen molar-refractivity contribution in [1.82, 2.24) is 14.9 Å². The van der Waals surface area contributed by atoms with E-state index in [4.69, 9.17) is 26.8 Å². The summed E-state index contributed by atoms with van der Waals surface area (Å²) in [4.78, 5) is 12.2. The molecule has 7 rings (SSSR count). The van der Waals surface area contributed by atoms with Crippen LogP contribution in [0.3, 0.4) is 0 Å². The molecule has 248 valence electrons. The number of rotatable bonds is 6. The fourth-order valence-corrected chi connectivity index (χ4v) is 8.30. The van der Waals surface area contributed by atoms with Crippen LogP contribution >= 0.6 is 22.9 Å². The van der Waals surface area contributed by atoms with Crippen molar-refractivity contribution in [2.24, 2.45) is 0 Å². The maximum Gasteiger partial charge on any atom is 0.319 e. The molecule has 0 spiro atoms. The maximum atomic E-state index is 16.9. The summed E-state index contributed by atoms with van der Waals surface area (Å²) in [6.07, 6.45) is -2.43. The minimum absolute atomic E-state index is 0.00110. The molecule has 3 fully saturated rings. The number of β-amino-alcohol motifs (C(OH)–C–C–N with tert-alkyl or cyclic N) is 1. The predicted molar refractivity (Wildman–Crippen MR) is 167 cm³/mol. The van der Waals surface area contributed by atoms with Crippen molar-refractivity contribution in [2.75, 3.05) is 56.6 Å². The third kappa shape index (κ3) is 5.30. The molecular weight excluding hydrogens is 667 g/mol. The Bertz CT molecular complexity index is 1940. The van der Waals surface area contributed by atoms with Gasteiger partial charge in [-0.05, 0) is 37.1 Å². The van der Waals surface area contributed by atoms with Crippen molar-refractivity contribution >= 4 is 54.7 Å². The molecule has 47 heavy (non-hydrogen) atoms. The van der Waals surface area contributed by atoms with Crippen molar-refractivity contribution < 1.29 is 36.5 Å². The van der Waals surface area contributed by atoms with Gasteiger partial charge in [-0.25, -0.2) is 22.0 Å². The molecule has 4 aromatic rings. The van der Waals surface area contributed by atoms with E-state index in [1.54, 1.807) is 0 Å². The normalized spacial score (nSPS) is 25.1. The average molecular weight is 695 g/mol. The van der Waals surface area contributed by atoms with Crippen molar-refractivity contribution in [3.05, 3.63) is 40.4 Å². The highest BCUT2D eigenvalue weighted by Gasteiger charge is 2.49. The highest BCUT2D eigenvalue weighted by Crippen LogP contribution is 2.46. The maximum absolute atomic E-state index is 16.9. The molecule has 0 amide bonds. The van der Waals surface area contributed by atoms with Crippen molar-refractivity contribution in [3.63, 3.8) is 0 Å². The fraction of sp³-hybridized carbons (Fsp3) is 0.452. The smallest absolute Gasteiger partial charge is 0.319 e. The van der Waals surface area contributed by atoms with Crippen LogP contribution in [0.25, 0.3) is 32.1 Å². The van der Waals surface area contributed by atoms with Crippen LogP contribution < -0.4 is 15.4 Å². The first-order valence-corrected chi connectivity index (χ1v) is 16.1. The Kier molecular flexibility index (Phi) is 8.07. The first-order chi connectivity index (χ1) is 22.4. The van der Waals surface area contributed by atoms with Gasteiger partial charge in [-0.2, -0.15) is 15.2 Å². The molecule has 0 aliphatic carbocycles. The van der Waals surface area contributed by atoms with E-state index in [2.05, 4.69) is 9.97 Å². The lowest BCUT2D eigenvalue weighted by Gasteiger charge is -2.32. The van der Waals surface area contributed by atoms with Crippen molar-refractivity contribution in [3.8, 4) is 23.2 Å². The quantitative estimate of drug-likeness (QED) is 0.246. The van der Waals surface area contributed by atoms with E-state index in [-0.39, 0.29) is 92.3 Å². The van der Waals surface area contributed by atoms with Crippen LogP contribution in [-0.2, 0) is 4.74 Å². The standard InChI is InChI=1S/C31H28ClF5N6O3S/c32-19-8-17-24(23(35)22(19)16-2-3-20(34)25-21(16)18(10-38)26(39)47-25)40-29(46-13-30-4-1-5-43(30)11-15(33)9-30)41-27(17)42-6-7-45-14-31(44,12-42)28(36)37/h2-3,8,15,28,44H,1,4-7,9,11-14,39H2/t15-,30+,31?/m1/s1. The summed E-state index contributed by atoms with van der Waals surface area (Å²) < 4.78 is 85.6. The first kappa shape index (κ1) is 32.0. The number of hydrogen-bond acceptors (Lipinski definition) is 10. The zero-order chi connectivity index (χ0) is 33.2. The second-order valence-electron chi connectivity index (χ2n) is 12.3. The molecule has 5 heterocycles. The van der Waals surface area contributed by atoms with E-state index in [1.165, 1.54) is 17.0 Å². The van der Waals surface area contributed by atoms with E-state index < -0.39 is 48.5 Å². The summed E-state index contributed by atoms with van der Waals surface area (Å²) >= 11 is 7.55. The van der Waals surface area contributed by atoms with Crippen LogP contribution in [0.1, 0.15) is 24.8 Å². The fourth-order valence-electron chi connectivity index (χ4n) is 7.06. The molecule has 0 radical (unpaired) electrons. The van der Waals surface area contributed by atoms with Crippen LogP contribution in [0.5, 0.6) is 6.01 Å². The number of halogens is 6. The Balaban J connectivity index is 1.41. The number of fused-ring (bicyclic) bond motifs is 3. The summed E-state index contributed by atoms with van der Waals surface area (Å²) in [5.74, 6) is -1.67. The SMILES string of the molecule is N#Cc1c(N)sc2c(F)ccc(-c3c(Cl)cc4c(N5CCOCC(O)(C(F)F)C5)nc(OC[C@@]56CCCN5C[C@H](F)C6)nc4c3F)c12. The van der Waals surface area contributed by atoms with Gasteiger partial charge in [0.2, 0.25) is 0 Å². The highest BCUT2D eigenvalue weighted by molar-refractivity contribution is 7.23. The van der Waals surface area contributed by atoms with Crippen LogP contribution in [0, 0.1) is 23.0 Å². The number of nitriles is 1. The molecule has 0 bridgehead atoms. The van der Waals surface area contributed by atoms with Gasteiger partial charge in [0.05, 0.1) is 40.6 Å². The number of nitrogens with two attached hydrogens (primary N) is 1. The number of aromatic nitrogens is 2. The monoisotopic (exact) mass is 694 g/mol. The third-order valence-corrected chi connectivity index (χ3v) is 10.6. The van der Waals surface area contributed by atoms with Gasteiger partial charge in [0.25, 0.3) is 6.43 Å².